The van der Waals surface area contributed by atoms with E-state index in [9.17, 15) is 9.18 Å². The molecule has 1 fully saturated rings. The maximum Gasteiger partial charge on any atom is 0.352 e. The number of hydrogen-bond donors (Lipinski definition) is 1. The molecule has 0 amide bonds. The third kappa shape index (κ3) is 2.83. The summed E-state index contributed by atoms with van der Waals surface area (Å²) in [6.45, 7) is -0.189. The molecule has 0 bridgehead atoms. The van der Waals surface area contributed by atoms with Gasteiger partial charge in [0.05, 0.1) is 20.8 Å². The first-order valence-electron chi connectivity index (χ1n) is 8.85. The zero-order chi connectivity index (χ0) is 19.2. The summed E-state index contributed by atoms with van der Waals surface area (Å²) in [6.07, 6.45) is 0. The van der Waals surface area contributed by atoms with Crippen molar-refractivity contribution in [3.05, 3.63) is 51.7 Å². The summed E-state index contributed by atoms with van der Waals surface area (Å²) in [4.78, 5) is 18.1. The van der Waals surface area contributed by atoms with Crippen LogP contribution >= 0.6 is 0 Å². The van der Waals surface area contributed by atoms with E-state index in [2.05, 4.69) is 10.3 Å². The number of halogens is 1. The highest BCUT2D eigenvalue weighted by atomic mass is 19.1. The first-order valence-corrected chi connectivity index (χ1v) is 7.85. The summed E-state index contributed by atoms with van der Waals surface area (Å²) in [5, 5.41) is 12.0. The van der Waals surface area contributed by atoms with Gasteiger partial charge in [0.25, 0.3) is 0 Å². The van der Waals surface area contributed by atoms with Crippen molar-refractivity contribution in [1.82, 2.24) is 14.9 Å². The molecule has 1 unspecified atom stereocenters. The molecule has 4 rings (SSSR count). The van der Waals surface area contributed by atoms with Crippen LogP contribution in [-0.4, -0.2) is 35.2 Å². The minimum Gasteiger partial charge on any atom is -0.473 e. The Morgan fingerprint density at radius 2 is 2.40 bits per heavy atom. The molecule has 1 atom stereocenters. The van der Waals surface area contributed by atoms with Gasteiger partial charge in [0.1, 0.15) is 24.3 Å². The van der Waals surface area contributed by atoms with Crippen LogP contribution in [0.2, 0.25) is 0 Å². The first-order chi connectivity index (χ1) is 12.9. The van der Waals surface area contributed by atoms with E-state index in [0.29, 0.717) is 31.0 Å². The van der Waals surface area contributed by atoms with Crippen LogP contribution in [0.25, 0.3) is 0 Å². The fraction of sp³-hybridized carbons (Fsp3) is 0.353. The van der Waals surface area contributed by atoms with Gasteiger partial charge in [0.15, 0.2) is 0 Å². The van der Waals surface area contributed by atoms with E-state index in [1.165, 1.54) is 18.2 Å². The highest BCUT2D eigenvalue weighted by Crippen LogP contribution is 2.27. The number of rotatable bonds is 3. The second-order valence-electron chi connectivity index (χ2n) is 5.83. The minimum absolute atomic E-state index is 0.00271. The van der Waals surface area contributed by atoms with Gasteiger partial charge in [-0.05, 0) is 17.7 Å². The van der Waals surface area contributed by atoms with Gasteiger partial charge >= 0.3 is 5.69 Å². The SMILES string of the molecule is [2H]C1([2H])C2CNCCN2c2cc(OCc3ccc(F)c(C#N)c3)nc(=O)n21. The van der Waals surface area contributed by atoms with Crippen molar-refractivity contribution in [2.75, 3.05) is 24.5 Å². The molecular weight excluding hydrogens is 325 g/mol. The molecule has 1 aromatic carbocycles. The van der Waals surface area contributed by atoms with Crippen molar-refractivity contribution in [3.8, 4) is 11.9 Å². The molecule has 3 heterocycles. The minimum atomic E-state index is -1.87. The normalized spacial score (nSPS) is 21.6. The molecule has 0 radical (unpaired) electrons. The summed E-state index contributed by atoms with van der Waals surface area (Å²) in [6, 6.07) is 6.86. The fourth-order valence-electron chi connectivity index (χ4n) is 3.00. The molecule has 1 saturated heterocycles. The van der Waals surface area contributed by atoms with Crippen LogP contribution in [0.3, 0.4) is 0 Å². The lowest BCUT2D eigenvalue weighted by atomic mass is 10.1. The zero-order valence-corrected chi connectivity index (χ0v) is 13.2. The summed E-state index contributed by atoms with van der Waals surface area (Å²) in [7, 11) is 0. The maximum atomic E-state index is 13.4. The highest BCUT2D eigenvalue weighted by molar-refractivity contribution is 5.47. The number of hydrogen-bond acceptors (Lipinski definition) is 6. The molecule has 25 heavy (non-hydrogen) atoms. The third-order valence-electron chi connectivity index (χ3n) is 4.23. The van der Waals surface area contributed by atoms with Gasteiger partial charge in [-0.1, -0.05) is 6.07 Å². The monoisotopic (exact) mass is 343 g/mol. The number of benzene rings is 1. The van der Waals surface area contributed by atoms with Crippen molar-refractivity contribution in [2.45, 2.75) is 19.1 Å². The molecule has 0 saturated carbocycles. The second-order valence-corrected chi connectivity index (χ2v) is 5.83. The van der Waals surface area contributed by atoms with E-state index in [4.69, 9.17) is 12.7 Å². The molecule has 8 heteroatoms. The number of nitrogens with one attached hydrogen (secondary N) is 1. The molecular formula is C17H16FN5O2. The summed E-state index contributed by atoms with van der Waals surface area (Å²) in [5.74, 6) is -0.121. The Labute approximate surface area is 146 Å². The Bertz CT molecular complexity index is 1000. The van der Waals surface area contributed by atoms with Gasteiger partial charge in [-0.2, -0.15) is 10.2 Å². The number of piperazine rings is 1. The molecule has 128 valence electrons. The molecule has 2 aliphatic rings. The van der Waals surface area contributed by atoms with E-state index in [1.807, 2.05) is 4.90 Å². The molecule has 7 nitrogen and oxygen atoms in total. The standard InChI is InChI=1S/C17H16FN5O2/c18-14-2-1-11(5-12(14)7-19)10-25-15-6-16-22-4-3-20-8-13(22)9-23(16)17(24)21-15/h1-2,5-6,13,20H,3-4,8-10H2/i9D2. The van der Waals surface area contributed by atoms with Gasteiger partial charge < -0.3 is 15.0 Å². The molecule has 2 aliphatic heterocycles. The van der Waals surface area contributed by atoms with Crippen LogP contribution in [0.1, 0.15) is 13.9 Å². The van der Waals surface area contributed by atoms with Gasteiger partial charge in [-0.25, -0.2) is 9.18 Å². The number of fused-ring (bicyclic) bond motifs is 3. The van der Waals surface area contributed by atoms with Crippen molar-refractivity contribution in [3.63, 3.8) is 0 Å². The predicted molar refractivity (Wildman–Crippen MR) is 87.9 cm³/mol. The lowest BCUT2D eigenvalue weighted by molar-refractivity contribution is 0.291. The summed E-state index contributed by atoms with van der Waals surface area (Å²) in [5.41, 5.74) is -0.251. The molecule has 0 aliphatic carbocycles. The molecule has 1 aromatic heterocycles. The Morgan fingerprint density at radius 3 is 3.24 bits per heavy atom. The predicted octanol–water partition coefficient (Wildman–Crippen LogP) is 0.625. The quantitative estimate of drug-likeness (QED) is 0.880. The lowest BCUT2D eigenvalue weighted by Gasteiger charge is -2.31. The van der Waals surface area contributed by atoms with Gasteiger partial charge in [-0.15, -0.1) is 0 Å². The van der Waals surface area contributed by atoms with E-state index in [-0.39, 0.29) is 18.1 Å². The van der Waals surface area contributed by atoms with E-state index >= 15 is 0 Å². The Balaban J connectivity index is 1.63. The number of aromatic nitrogens is 2. The van der Waals surface area contributed by atoms with Crippen LogP contribution in [0.15, 0.2) is 29.1 Å². The van der Waals surface area contributed by atoms with Crippen LogP contribution in [0, 0.1) is 17.1 Å². The van der Waals surface area contributed by atoms with Crippen LogP contribution < -0.4 is 20.6 Å². The van der Waals surface area contributed by atoms with Crippen molar-refractivity contribution < 1.29 is 11.9 Å². The Hall–Kier alpha value is -2.92. The number of nitriles is 1. The number of ether oxygens (including phenoxy) is 1. The first kappa shape index (κ1) is 13.4. The van der Waals surface area contributed by atoms with Crippen LogP contribution in [0.4, 0.5) is 10.2 Å². The zero-order valence-electron chi connectivity index (χ0n) is 15.2. The van der Waals surface area contributed by atoms with Crippen molar-refractivity contribution >= 4 is 5.82 Å². The highest BCUT2D eigenvalue weighted by Gasteiger charge is 2.32. The fourth-order valence-corrected chi connectivity index (χ4v) is 3.00. The third-order valence-corrected chi connectivity index (χ3v) is 4.23. The average Bonchev–Trinajstić information content (AvgIpc) is 2.89. The average molecular weight is 343 g/mol. The Kier molecular flexibility index (Phi) is 3.31. The van der Waals surface area contributed by atoms with Crippen LogP contribution in [-0.2, 0) is 13.1 Å². The van der Waals surface area contributed by atoms with E-state index < -0.39 is 24.0 Å². The summed E-state index contributed by atoms with van der Waals surface area (Å²) < 4.78 is 36.6. The van der Waals surface area contributed by atoms with E-state index in [0.717, 1.165) is 4.57 Å². The van der Waals surface area contributed by atoms with E-state index in [1.54, 1.807) is 12.1 Å². The number of nitrogens with zero attached hydrogens (tertiary/aromatic N) is 4. The second kappa shape index (κ2) is 6.18. The number of anilines is 1. The topological polar surface area (TPSA) is 83.2 Å². The van der Waals surface area contributed by atoms with Crippen LogP contribution in [0.5, 0.6) is 5.88 Å². The molecule has 1 N–H and O–H groups in total. The van der Waals surface area contributed by atoms with Crippen molar-refractivity contribution in [2.24, 2.45) is 0 Å². The maximum absolute atomic E-state index is 13.4. The van der Waals surface area contributed by atoms with Gasteiger partial charge in [-0.3, -0.25) is 4.57 Å². The smallest absolute Gasteiger partial charge is 0.352 e. The van der Waals surface area contributed by atoms with Gasteiger partial charge in [0, 0.05) is 25.7 Å². The van der Waals surface area contributed by atoms with Crippen molar-refractivity contribution in [1.29, 1.82) is 5.26 Å². The largest absolute Gasteiger partial charge is 0.473 e. The molecule has 2 aromatic rings. The Morgan fingerprint density at radius 1 is 1.52 bits per heavy atom. The lowest BCUT2D eigenvalue weighted by Crippen LogP contribution is -2.49. The molecule has 0 spiro atoms. The van der Waals surface area contributed by atoms with Gasteiger partial charge in [0.2, 0.25) is 5.88 Å². The summed E-state index contributed by atoms with van der Waals surface area (Å²) >= 11 is 0.